The molecule has 1 aliphatic carbocycles. The summed E-state index contributed by atoms with van der Waals surface area (Å²) >= 11 is 0. The summed E-state index contributed by atoms with van der Waals surface area (Å²) in [6.45, 7) is 2.03. The zero-order valence-electron chi connectivity index (χ0n) is 16.2. The van der Waals surface area contributed by atoms with Gasteiger partial charge in [-0.3, -0.25) is 4.79 Å². The van der Waals surface area contributed by atoms with Crippen molar-refractivity contribution < 1.29 is 4.79 Å². The first kappa shape index (κ1) is 17.9. The maximum Gasteiger partial charge on any atom is 0.237 e. The Morgan fingerprint density at radius 3 is 2.68 bits per heavy atom. The van der Waals surface area contributed by atoms with Gasteiger partial charge in [-0.05, 0) is 63.1 Å². The van der Waals surface area contributed by atoms with E-state index in [1.165, 1.54) is 17.5 Å². The minimum absolute atomic E-state index is 0.0120. The van der Waals surface area contributed by atoms with Gasteiger partial charge in [-0.1, -0.05) is 24.3 Å². The quantitative estimate of drug-likeness (QED) is 0.644. The molecule has 3 heterocycles. The van der Waals surface area contributed by atoms with Gasteiger partial charge in [0, 0.05) is 17.8 Å². The highest BCUT2D eigenvalue weighted by Crippen LogP contribution is 2.41. The minimum atomic E-state index is 0.0120. The topological polar surface area (TPSA) is 81.8 Å². The average Bonchev–Trinajstić information content (AvgIpc) is 3.45. The highest BCUT2D eigenvalue weighted by atomic mass is 16.2. The van der Waals surface area contributed by atoms with Crippen LogP contribution in [0.25, 0.3) is 11.3 Å². The molecule has 4 N–H and O–H groups in total. The highest BCUT2D eigenvalue weighted by Gasteiger charge is 2.34. The van der Waals surface area contributed by atoms with Crippen LogP contribution in [0.5, 0.6) is 0 Å². The maximum atomic E-state index is 12.3. The summed E-state index contributed by atoms with van der Waals surface area (Å²) in [6, 6.07) is 9.26. The van der Waals surface area contributed by atoms with Crippen molar-refractivity contribution in [2.24, 2.45) is 0 Å². The van der Waals surface area contributed by atoms with E-state index in [4.69, 9.17) is 4.98 Å². The second-order valence-corrected chi connectivity index (χ2v) is 8.43. The van der Waals surface area contributed by atoms with E-state index in [-0.39, 0.29) is 11.9 Å². The molecule has 1 amide bonds. The maximum absolute atomic E-state index is 12.3. The van der Waals surface area contributed by atoms with Gasteiger partial charge in [0.25, 0.3) is 0 Å². The molecule has 1 aromatic carbocycles. The van der Waals surface area contributed by atoms with E-state index in [2.05, 4.69) is 45.2 Å². The molecular formula is C22H29N5O. The van der Waals surface area contributed by atoms with Gasteiger partial charge in [-0.15, -0.1) is 0 Å². The van der Waals surface area contributed by atoms with E-state index < -0.39 is 0 Å². The molecule has 1 aromatic heterocycles. The molecule has 1 saturated carbocycles. The highest BCUT2D eigenvalue weighted by molar-refractivity contribution is 5.82. The van der Waals surface area contributed by atoms with Gasteiger partial charge in [0.15, 0.2) is 0 Å². The Hall–Kier alpha value is -2.18. The first-order valence-corrected chi connectivity index (χ1v) is 10.7. The number of rotatable bonds is 5. The third-order valence-electron chi connectivity index (χ3n) is 6.53. The number of nitrogens with one attached hydrogen (secondary N) is 4. The van der Waals surface area contributed by atoms with Crippen LogP contribution in [-0.4, -0.2) is 41.0 Å². The number of aromatic amines is 1. The summed E-state index contributed by atoms with van der Waals surface area (Å²) in [5.74, 6) is 1.71. The first-order chi connectivity index (χ1) is 13.8. The number of carbonyl (C=O) groups is 1. The van der Waals surface area contributed by atoms with Gasteiger partial charge >= 0.3 is 0 Å². The summed E-state index contributed by atoms with van der Waals surface area (Å²) in [7, 11) is 0. The van der Waals surface area contributed by atoms with Crippen molar-refractivity contribution in [2.45, 2.75) is 62.6 Å². The number of imidazole rings is 1. The Morgan fingerprint density at radius 1 is 1.07 bits per heavy atom. The molecule has 2 atom stereocenters. The molecule has 148 valence electrons. The number of nitrogens with zero attached hydrogens (tertiary/aromatic N) is 1. The van der Waals surface area contributed by atoms with Crippen LogP contribution >= 0.6 is 0 Å². The molecule has 3 fully saturated rings. The number of carbonyl (C=O) groups excluding carboxylic acids is 1. The lowest BCUT2D eigenvalue weighted by atomic mass is 9.74. The van der Waals surface area contributed by atoms with Crippen molar-refractivity contribution in [3.05, 3.63) is 41.9 Å². The van der Waals surface area contributed by atoms with Crippen LogP contribution in [0.3, 0.4) is 0 Å². The Labute approximate surface area is 165 Å². The minimum Gasteiger partial charge on any atom is -0.352 e. The molecule has 2 unspecified atom stereocenters. The molecular weight excluding hydrogens is 350 g/mol. The molecule has 0 radical (unpaired) electrons. The van der Waals surface area contributed by atoms with Gasteiger partial charge in [0.05, 0.1) is 17.8 Å². The molecule has 0 bridgehead atoms. The van der Waals surface area contributed by atoms with Gasteiger partial charge in [-0.2, -0.15) is 0 Å². The van der Waals surface area contributed by atoms with E-state index >= 15 is 0 Å². The van der Waals surface area contributed by atoms with Crippen LogP contribution in [0.1, 0.15) is 61.9 Å². The van der Waals surface area contributed by atoms with Crippen molar-refractivity contribution in [3.8, 4) is 11.3 Å². The monoisotopic (exact) mass is 379 g/mol. The molecule has 3 aliphatic rings. The van der Waals surface area contributed by atoms with Gasteiger partial charge in [0.1, 0.15) is 5.82 Å². The zero-order valence-corrected chi connectivity index (χ0v) is 16.2. The van der Waals surface area contributed by atoms with E-state index in [1.807, 2.05) is 6.20 Å². The lowest BCUT2D eigenvalue weighted by Crippen LogP contribution is -2.49. The van der Waals surface area contributed by atoms with Crippen LogP contribution in [0.4, 0.5) is 0 Å². The molecule has 6 nitrogen and oxygen atoms in total. The standard InChI is InChI=1S/C22H29N5O/c28-22(19-8-4-10-24-19)26-15-11-14(12-15)16-5-1-2-6-17(16)20-13-25-21(27-20)18-7-3-9-23-18/h1-2,5-6,13-15,18-19,23-24H,3-4,7-12H2,(H,25,27)(H,26,28). The van der Waals surface area contributed by atoms with Crippen LogP contribution in [0.2, 0.25) is 0 Å². The normalized spacial score (nSPS) is 29.6. The van der Waals surface area contributed by atoms with Crippen LogP contribution in [0, 0.1) is 0 Å². The van der Waals surface area contributed by atoms with Gasteiger partial charge in [0.2, 0.25) is 5.91 Å². The fourth-order valence-corrected chi connectivity index (χ4v) is 4.86. The van der Waals surface area contributed by atoms with Crippen molar-refractivity contribution in [1.29, 1.82) is 0 Å². The number of aromatic nitrogens is 2. The fourth-order valence-electron chi connectivity index (χ4n) is 4.86. The summed E-state index contributed by atoms with van der Waals surface area (Å²) in [6.07, 6.45) is 8.48. The number of hydrogen-bond donors (Lipinski definition) is 4. The Morgan fingerprint density at radius 2 is 1.89 bits per heavy atom. The molecule has 2 aromatic rings. The predicted octanol–water partition coefficient (Wildman–Crippen LogP) is 2.62. The van der Waals surface area contributed by atoms with E-state index in [0.717, 1.165) is 56.7 Å². The third-order valence-corrected chi connectivity index (χ3v) is 6.53. The molecule has 5 rings (SSSR count). The summed E-state index contributed by atoms with van der Waals surface area (Å²) in [5.41, 5.74) is 3.60. The largest absolute Gasteiger partial charge is 0.352 e. The van der Waals surface area contributed by atoms with E-state index in [9.17, 15) is 4.79 Å². The molecule has 6 heteroatoms. The van der Waals surface area contributed by atoms with Gasteiger partial charge in [-0.25, -0.2) is 4.98 Å². The molecule has 28 heavy (non-hydrogen) atoms. The molecule has 2 saturated heterocycles. The summed E-state index contributed by atoms with van der Waals surface area (Å²) in [5, 5.41) is 10.0. The van der Waals surface area contributed by atoms with Gasteiger partial charge < -0.3 is 20.9 Å². The Kier molecular flexibility index (Phi) is 4.91. The summed E-state index contributed by atoms with van der Waals surface area (Å²) < 4.78 is 0. The second-order valence-electron chi connectivity index (χ2n) is 8.43. The van der Waals surface area contributed by atoms with E-state index in [0.29, 0.717) is 18.0 Å². The smallest absolute Gasteiger partial charge is 0.237 e. The lowest BCUT2D eigenvalue weighted by Gasteiger charge is -2.37. The van der Waals surface area contributed by atoms with Crippen molar-refractivity contribution in [3.63, 3.8) is 0 Å². The van der Waals surface area contributed by atoms with Crippen LogP contribution in [-0.2, 0) is 4.79 Å². The average molecular weight is 380 g/mol. The number of benzene rings is 1. The Bertz CT molecular complexity index is 829. The second kappa shape index (κ2) is 7.68. The van der Waals surface area contributed by atoms with Crippen LogP contribution < -0.4 is 16.0 Å². The first-order valence-electron chi connectivity index (χ1n) is 10.7. The van der Waals surface area contributed by atoms with E-state index in [1.54, 1.807) is 0 Å². The van der Waals surface area contributed by atoms with Crippen molar-refractivity contribution in [1.82, 2.24) is 25.9 Å². The Balaban J connectivity index is 1.25. The number of hydrogen-bond acceptors (Lipinski definition) is 4. The fraction of sp³-hybridized carbons (Fsp3) is 0.545. The lowest BCUT2D eigenvalue weighted by molar-refractivity contribution is -0.124. The number of H-pyrrole nitrogens is 1. The number of amides is 1. The predicted molar refractivity (Wildman–Crippen MR) is 109 cm³/mol. The third kappa shape index (κ3) is 3.47. The van der Waals surface area contributed by atoms with Crippen molar-refractivity contribution >= 4 is 5.91 Å². The zero-order chi connectivity index (χ0) is 18.9. The summed E-state index contributed by atoms with van der Waals surface area (Å²) in [4.78, 5) is 20.6. The molecule has 2 aliphatic heterocycles. The SMILES string of the molecule is O=C(NC1CC(c2ccccc2-c2c[nH]c(C3CCCN3)n2)C1)C1CCCN1. The van der Waals surface area contributed by atoms with Crippen molar-refractivity contribution in [2.75, 3.05) is 13.1 Å². The molecule has 0 spiro atoms. The van der Waals surface area contributed by atoms with Crippen LogP contribution in [0.15, 0.2) is 30.5 Å².